The second kappa shape index (κ2) is 5.93. The van der Waals surface area contributed by atoms with Crippen molar-refractivity contribution in [2.24, 2.45) is 0 Å². The molecule has 1 amide bonds. The largest absolute Gasteiger partial charge is 0.494 e. The molecule has 3 rings (SSSR count). The van der Waals surface area contributed by atoms with Crippen molar-refractivity contribution in [2.75, 3.05) is 7.11 Å². The van der Waals surface area contributed by atoms with Gasteiger partial charge in [0.1, 0.15) is 17.1 Å². The number of hydrogen-bond acceptors (Lipinski definition) is 3. The van der Waals surface area contributed by atoms with Gasteiger partial charge in [-0.2, -0.15) is 0 Å². The summed E-state index contributed by atoms with van der Waals surface area (Å²) in [7, 11) is 1.62. The van der Waals surface area contributed by atoms with Crippen molar-refractivity contribution in [1.82, 2.24) is 14.9 Å². The number of para-hydroxylation sites is 1. The molecule has 0 unspecified atom stereocenters. The lowest BCUT2D eigenvalue weighted by molar-refractivity contribution is -0.121. The van der Waals surface area contributed by atoms with Gasteiger partial charge >= 0.3 is 0 Å². The number of alkyl halides is 1. The SMILES string of the molecule is COc1cccc2c1nc(CCl)n2CCC(=O)NC1CC1. The summed E-state index contributed by atoms with van der Waals surface area (Å²) in [6, 6.07) is 6.16. The molecule has 1 aromatic heterocycles. The number of benzene rings is 1. The van der Waals surface area contributed by atoms with Crippen LogP contribution < -0.4 is 10.1 Å². The Balaban J connectivity index is 1.83. The molecule has 1 heterocycles. The molecule has 1 N–H and O–H groups in total. The van der Waals surface area contributed by atoms with E-state index in [1.807, 2.05) is 22.8 Å². The molecule has 0 aliphatic heterocycles. The van der Waals surface area contributed by atoms with Crippen molar-refractivity contribution in [3.63, 3.8) is 0 Å². The second-order valence-corrected chi connectivity index (χ2v) is 5.50. The molecule has 1 fully saturated rings. The highest BCUT2D eigenvalue weighted by Gasteiger charge is 2.23. The minimum absolute atomic E-state index is 0.0859. The first-order valence-electron chi connectivity index (χ1n) is 7.10. The zero-order valence-corrected chi connectivity index (χ0v) is 12.7. The predicted molar refractivity (Wildman–Crippen MR) is 81.6 cm³/mol. The summed E-state index contributed by atoms with van der Waals surface area (Å²) in [5.41, 5.74) is 1.74. The van der Waals surface area contributed by atoms with Crippen molar-refractivity contribution in [2.45, 2.75) is 37.7 Å². The molecule has 2 aromatic rings. The summed E-state index contributed by atoms with van der Waals surface area (Å²) in [6.45, 7) is 0.574. The molecule has 1 aromatic carbocycles. The van der Waals surface area contributed by atoms with Gasteiger partial charge in [0.2, 0.25) is 5.91 Å². The van der Waals surface area contributed by atoms with Crippen molar-refractivity contribution in [3.05, 3.63) is 24.0 Å². The van der Waals surface area contributed by atoms with Gasteiger partial charge in [0.15, 0.2) is 0 Å². The Labute approximate surface area is 128 Å². The van der Waals surface area contributed by atoms with Gasteiger partial charge in [-0.15, -0.1) is 11.6 Å². The van der Waals surface area contributed by atoms with E-state index in [1.165, 1.54) is 0 Å². The highest BCUT2D eigenvalue weighted by molar-refractivity contribution is 6.16. The normalized spacial score (nSPS) is 14.4. The smallest absolute Gasteiger partial charge is 0.222 e. The monoisotopic (exact) mass is 307 g/mol. The van der Waals surface area contributed by atoms with E-state index in [2.05, 4.69) is 10.3 Å². The number of amides is 1. The van der Waals surface area contributed by atoms with E-state index in [0.717, 1.165) is 35.4 Å². The van der Waals surface area contributed by atoms with Crippen molar-refractivity contribution < 1.29 is 9.53 Å². The summed E-state index contributed by atoms with van der Waals surface area (Å²) in [6.07, 6.45) is 2.64. The third kappa shape index (κ3) is 2.97. The maximum atomic E-state index is 11.8. The van der Waals surface area contributed by atoms with Crippen LogP contribution in [0.5, 0.6) is 5.75 Å². The zero-order valence-electron chi connectivity index (χ0n) is 11.9. The summed E-state index contributed by atoms with van der Waals surface area (Å²) in [4.78, 5) is 16.4. The molecule has 0 spiro atoms. The number of rotatable bonds is 6. The lowest BCUT2D eigenvalue weighted by atomic mass is 10.3. The van der Waals surface area contributed by atoms with E-state index < -0.39 is 0 Å². The molecule has 0 atom stereocenters. The molecule has 5 nitrogen and oxygen atoms in total. The van der Waals surface area contributed by atoms with Gasteiger partial charge in [0, 0.05) is 19.0 Å². The number of ether oxygens (including phenoxy) is 1. The van der Waals surface area contributed by atoms with Gasteiger partial charge in [-0.3, -0.25) is 4.79 Å². The summed E-state index contributed by atoms with van der Waals surface area (Å²) >= 11 is 5.98. The van der Waals surface area contributed by atoms with E-state index in [1.54, 1.807) is 7.11 Å². The number of nitrogens with one attached hydrogen (secondary N) is 1. The van der Waals surface area contributed by atoms with E-state index >= 15 is 0 Å². The Kier molecular flexibility index (Phi) is 4.01. The topological polar surface area (TPSA) is 56.2 Å². The van der Waals surface area contributed by atoms with Gasteiger partial charge in [-0.05, 0) is 25.0 Å². The number of nitrogens with zero attached hydrogens (tertiary/aromatic N) is 2. The summed E-state index contributed by atoms with van der Waals surface area (Å²) in [5, 5.41) is 2.99. The average molecular weight is 308 g/mol. The standard InChI is InChI=1S/C15H18ClN3O2/c1-21-12-4-2-3-11-15(12)18-13(9-16)19(11)8-7-14(20)17-10-5-6-10/h2-4,10H,5-9H2,1H3,(H,17,20). The summed E-state index contributed by atoms with van der Waals surface area (Å²) < 4.78 is 7.33. The van der Waals surface area contributed by atoms with Gasteiger partial charge in [0.05, 0.1) is 18.5 Å². The number of aromatic nitrogens is 2. The predicted octanol–water partition coefficient (Wildman–Crippen LogP) is 2.45. The van der Waals surface area contributed by atoms with E-state index in [-0.39, 0.29) is 5.91 Å². The maximum Gasteiger partial charge on any atom is 0.222 e. The molecule has 0 bridgehead atoms. The number of aryl methyl sites for hydroxylation is 1. The number of methoxy groups -OCH3 is 1. The minimum atomic E-state index is 0.0859. The van der Waals surface area contributed by atoms with Gasteiger partial charge in [-0.25, -0.2) is 4.98 Å². The summed E-state index contributed by atoms with van der Waals surface area (Å²) in [5.74, 6) is 1.88. The lowest BCUT2D eigenvalue weighted by Crippen LogP contribution is -2.26. The van der Waals surface area contributed by atoms with Crippen LogP contribution in [0.15, 0.2) is 18.2 Å². The van der Waals surface area contributed by atoms with Gasteiger partial charge in [-0.1, -0.05) is 6.07 Å². The van der Waals surface area contributed by atoms with Crippen LogP contribution in [0.25, 0.3) is 11.0 Å². The molecule has 1 aliphatic carbocycles. The fourth-order valence-electron chi connectivity index (χ4n) is 2.43. The van der Waals surface area contributed by atoms with E-state index in [0.29, 0.717) is 24.9 Å². The number of hydrogen-bond donors (Lipinski definition) is 1. The highest BCUT2D eigenvalue weighted by atomic mass is 35.5. The van der Waals surface area contributed by atoms with E-state index in [9.17, 15) is 4.79 Å². The zero-order chi connectivity index (χ0) is 14.8. The second-order valence-electron chi connectivity index (χ2n) is 5.23. The molecule has 112 valence electrons. The highest BCUT2D eigenvalue weighted by Crippen LogP contribution is 2.26. The quantitative estimate of drug-likeness (QED) is 0.834. The minimum Gasteiger partial charge on any atom is -0.494 e. The van der Waals surface area contributed by atoms with Crippen LogP contribution in [0.1, 0.15) is 25.1 Å². The number of halogens is 1. The van der Waals surface area contributed by atoms with Crippen molar-refractivity contribution in [3.8, 4) is 5.75 Å². The number of carbonyl (C=O) groups excluding carboxylic acids is 1. The maximum absolute atomic E-state index is 11.8. The number of imidazole rings is 1. The Morgan fingerprint density at radius 3 is 3.00 bits per heavy atom. The molecule has 1 aliphatic rings. The third-order valence-electron chi connectivity index (χ3n) is 3.67. The van der Waals surface area contributed by atoms with Crippen LogP contribution in [-0.2, 0) is 17.2 Å². The molecule has 1 saturated carbocycles. The Bertz CT molecular complexity index is 664. The van der Waals surface area contributed by atoms with Crippen LogP contribution in [0.3, 0.4) is 0 Å². The van der Waals surface area contributed by atoms with Crippen LogP contribution in [0.2, 0.25) is 0 Å². The fraction of sp³-hybridized carbons (Fsp3) is 0.467. The first kappa shape index (κ1) is 14.2. The van der Waals surface area contributed by atoms with E-state index in [4.69, 9.17) is 16.3 Å². The number of carbonyl (C=O) groups is 1. The third-order valence-corrected chi connectivity index (χ3v) is 3.90. The molecule has 0 saturated heterocycles. The van der Waals surface area contributed by atoms with Crippen LogP contribution >= 0.6 is 11.6 Å². The first-order chi connectivity index (χ1) is 10.2. The molecule has 0 radical (unpaired) electrons. The molecule has 21 heavy (non-hydrogen) atoms. The average Bonchev–Trinajstić information content (AvgIpc) is 3.23. The van der Waals surface area contributed by atoms with Crippen LogP contribution in [0.4, 0.5) is 0 Å². The van der Waals surface area contributed by atoms with Gasteiger partial charge < -0.3 is 14.6 Å². The van der Waals surface area contributed by atoms with Crippen LogP contribution in [-0.4, -0.2) is 28.6 Å². The fourth-order valence-corrected chi connectivity index (χ4v) is 2.63. The molecular formula is C15H18ClN3O2. The lowest BCUT2D eigenvalue weighted by Gasteiger charge is -2.08. The Hall–Kier alpha value is -1.75. The van der Waals surface area contributed by atoms with Crippen molar-refractivity contribution >= 4 is 28.5 Å². The van der Waals surface area contributed by atoms with Gasteiger partial charge in [0.25, 0.3) is 0 Å². The van der Waals surface area contributed by atoms with Crippen LogP contribution in [0, 0.1) is 0 Å². The molecule has 6 heteroatoms. The Morgan fingerprint density at radius 1 is 1.52 bits per heavy atom. The number of fused-ring (bicyclic) bond motifs is 1. The molecular weight excluding hydrogens is 290 g/mol. The van der Waals surface area contributed by atoms with Crippen molar-refractivity contribution in [1.29, 1.82) is 0 Å². The first-order valence-corrected chi connectivity index (χ1v) is 7.64. The Morgan fingerprint density at radius 2 is 2.33 bits per heavy atom.